The van der Waals surface area contributed by atoms with E-state index in [2.05, 4.69) is 49.5 Å². The highest BCUT2D eigenvalue weighted by molar-refractivity contribution is 5.98. The third-order valence-electron chi connectivity index (χ3n) is 6.09. The molecule has 3 rings (SSSR count). The number of benzene rings is 2. The Balaban J connectivity index is 0.000000550. The number of carbonyl (C=O) groups excluding carboxylic acids is 2. The van der Waals surface area contributed by atoms with Gasteiger partial charge in [0, 0.05) is 36.7 Å². The molecule has 2 aromatic carbocycles. The number of hydrogen-bond acceptors (Lipinski definition) is 6. The van der Waals surface area contributed by atoms with Gasteiger partial charge in [-0.1, -0.05) is 52.0 Å². The lowest BCUT2D eigenvalue weighted by Crippen LogP contribution is -2.19. The number of rotatable bonds is 11. The molecule has 0 atom stereocenters. The topological polar surface area (TPSA) is 79.0 Å². The lowest BCUT2D eigenvalue weighted by atomic mass is 9.97. The molecule has 0 bridgehead atoms. The largest absolute Gasteiger partial charge is 0.387 e. The second kappa shape index (κ2) is 15.7. The zero-order valence-corrected chi connectivity index (χ0v) is 23.9. The first-order valence-electron chi connectivity index (χ1n) is 13.5. The van der Waals surface area contributed by atoms with Gasteiger partial charge in [-0.25, -0.2) is 4.99 Å². The highest BCUT2D eigenvalue weighted by atomic mass is 16.1. The Labute approximate surface area is 228 Å². The van der Waals surface area contributed by atoms with E-state index in [4.69, 9.17) is 5.73 Å². The molecule has 0 amide bonds. The first-order chi connectivity index (χ1) is 18.2. The average Bonchev–Trinajstić information content (AvgIpc) is 3.04. The van der Waals surface area contributed by atoms with Gasteiger partial charge in [-0.3, -0.25) is 9.59 Å². The quantitative estimate of drug-likeness (QED) is 0.348. The number of aliphatic imine (C=N–C) groups is 1. The highest BCUT2D eigenvalue weighted by Gasteiger charge is 2.11. The monoisotopic (exact) mass is 516 g/mol. The van der Waals surface area contributed by atoms with Crippen LogP contribution in [0.15, 0.2) is 53.2 Å². The Hall–Kier alpha value is -3.51. The molecular formula is C32H44N4O2. The minimum absolute atomic E-state index is 0.348. The van der Waals surface area contributed by atoms with Crippen LogP contribution in [0, 0.1) is 5.92 Å². The van der Waals surface area contributed by atoms with Gasteiger partial charge in [-0.05, 0) is 86.1 Å². The molecule has 0 unspecified atom stereocenters. The summed E-state index contributed by atoms with van der Waals surface area (Å²) in [5, 5.41) is 0. The van der Waals surface area contributed by atoms with Crippen LogP contribution in [-0.4, -0.2) is 61.9 Å². The van der Waals surface area contributed by atoms with Crippen LogP contribution in [0.5, 0.6) is 0 Å². The molecule has 0 radical (unpaired) electrons. The van der Waals surface area contributed by atoms with Crippen molar-refractivity contribution in [3.05, 3.63) is 64.9 Å². The van der Waals surface area contributed by atoms with Gasteiger partial charge in [0.15, 0.2) is 6.29 Å². The van der Waals surface area contributed by atoms with Crippen LogP contribution in [0.4, 0.5) is 5.69 Å². The maximum atomic E-state index is 11.5. The zero-order chi connectivity index (χ0) is 28.1. The summed E-state index contributed by atoms with van der Waals surface area (Å²) in [4.78, 5) is 31.7. The Morgan fingerprint density at radius 2 is 1.61 bits per heavy atom. The third-order valence-corrected chi connectivity index (χ3v) is 6.09. The summed E-state index contributed by atoms with van der Waals surface area (Å²) in [5.74, 6) is 0.968. The number of hydrogen-bond donors (Lipinski definition) is 1. The number of carbonyl (C=O) groups is 2. The van der Waals surface area contributed by atoms with Gasteiger partial charge in [0.1, 0.15) is 12.1 Å². The number of nitrogens with zero attached hydrogens (tertiary/aromatic N) is 3. The summed E-state index contributed by atoms with van der Waals surface area (Å²) in [6, 6.07) is 11.6. The van der Waals surface area contributed by atoms with Crippen molar-refractivity contribution in [2.75, 3.05) is 33.7 Å². The molecule has 1 aliphatic heterocycles. The fraction of sp³-hybridized carbons (Fsp3) is 0.406. The molecule has 0 saturated heterocycles. The van der Waals surface area contributed by atoms with Crippen LogP contribution >= 0.6 is 0 Å². The van der Waals surface area contributed by atoms with Gasteiger partial charge in [0.05, 0.1) is 5.69 Å². The van der Waals surface area contributed by atoms with Gasteiger partial charge in [-0.2, -0.15) is 0 Å². The van der Waals surface area contributed by atoms with Gasteiger partial charge in [-0.15, -0.1) is 0 Å². The first-order valence-corrected chi connectivity index (χ1v) is 13.5. The normalized spacial score (nSPS) is 12.8. The Morgan fingerprint density at radius 3 is 2.21 bits per heavy atom. The fourth-order valence-electron chi connectivity index (χ4n) is 4.40. The number of fused-ring (bicyclic) bond motifs is 1. The smallest absolute Gasteiger partial charge is 0.150 e. The molecule has 0 spiro atoms. The second-order valence-electron chi connectivity index (χ2n) is 10.3. The van der Waals surface area contributed by atoms with Gasteiger partial charge in [0.2, 0.25) is 0 Å². The van der Waals surface area contributed by atoms with Crippen LogP contribution in [0.3, 0.4) is 0 Å². The summed E-state index contributed by atoms with van der Waals surface area (Å²) in [7, 11) is 4.20. The van der Waals surface area contributed by atoms with Crippen LogP contribution in [0.25, 0.3) is 23.3 Å². The Kier molecular flexibility index (Phi) is 12.7. The molecular weight excluding hydrogens is 472 g/mol. The Bertz CT molecular complexity index is 1160. The van der Waals surface area contributed by atoms with Crippen LogP contribution in [0.2, 0.25) is 0 Å². The summed E-state index contributed by atoms with van der Waals surface area (Å²) in [5.41, 5.74) is 11.6. The fourth-order valence-corrected chi connectivity index (χ4v) is 4.40. The molecule has 2 aromatic rings. The lowest BCUT2D eigenvalue weighted by Gasteiger charge is -2.16. The van der Waals surface area contributed by atoms with Crippen molar-refractivity contribution in [2.24, 2.45) is 16.6 Å². The molecule has 2 N–H and O–H groups in total. The molecule has 6 heteroatoms. The van der Waals surface area contributed by atoms with Gasteiger partial charge >= 0.3 is 0 Å². The van der Waals surface area contributed by atoms with E-state index in [0.29, 0.717) is 29.3 Å². The van der Waals surface area contributed by atoms with E-state index in [1.807, 2.05) is 61.8 Å². The maximum absolute atomic E-state index is 11.5. The predicted octanol–water partition coefficient (Wildman–Crippen LogP) is 6.44. The number of aldehydes is 2. The molecule has 0 saturated carbocycles. The van der Waals surface area contributed by atoms with E-state index in [1.165, 1.54) is 25.9 Å². The van der Waals surface area contributed by atoms with E-state index >= 15 is 0 Å². The van der Waals surface area contributed by atoms with Crippen molar-refractivity contribution in [1.82, 2.24) is 9.80 Å². The number of amidine groups is 1. The third kappa shape index (κ3) is 9.75. The standard InChI is InChI=1S/C25H27N3O2.C7H17N/c1-17(2)14-28(3)9-8-21-12-19(5-7-23(21)16-30)20-4-6-22-10-18(15-29)11-25(26)27-24(22)13-20;1-4-6-8(3)7-5-2/h4-10,12-13,15-17H,11,14H2,1-3H3,(H2,26,27);4-7H2,1-3H3/b9-8-;. The molecule has 38 heavy (non-hydrogen) atoms. The molecule has 6 nitrogen and oxygen atoms in total. The predicted molar refractivity (Wildman–Crippen MR) is 162 cm³/mol. The maximum Gasteiger partial charge on any atom is 0.150 e. The van der Waals surface area contributed by atoms with Crippen molar-refractivity contribution >= 4 is 36.2 Å². The first kappa shape index (κ1) is 30.7. The molecule has 0 aliphatic carbocycles. The highest BCUT2D eigenvalue weighted by Crippen LogP contribution is 2.32. The van der Waals surface area contributed by atoms with Crippen molar-refractivity contribution in [3.8, 4) is 11.1 Å². The summed E-state index contributed by atoms with van der Waals surface area (Å²) < 4.78 is 0. The van der Waals surface area contributed by atoms with E-state index in [9.17, 15) is 9.59 Å². The SMILES string of the molecule is CC(C)CN(C)/C=C\c1cc(-c2ccc3c(c2)N=C(N)CC(C=O)=C3)ccc1C=O.CCCN(C)CCC. The minimum atomic E-state index is 0.348. The van der Waals surface area contributed by atoms with E-state index in [-0.39, 0.29) is 0 Å². The van der Waals surface area contributed by atoms with E-state index < -0.39 is 0 Å². The van der Waals surface area contributed by atoms with Crippen LogP contribution < -0.4 is 5.73 Å². The molecule has 204 valence electrons. The summed E-state index contributed by atoms with van der Waals surface area (Å²) in [6.45, 7) is 12.2. The van der Waals surface area contributed by atoms with Gasteiger partial charge < -0.3 is 15.5 Å². The van der Waals surface area contributed by atoms with E-state index in [0.717, 1.165) is 47.1 Å². The Morgan fingerprint density at radius 1 is 0.947 bits per heavy atom. The number of nitrogens with two attached hydrogens (primary N) is 1. The van der Waals surface area contributed by atoms with Crippen LogP contribution in [-0.2, 0) is 4.79 Å². The molecule has 0 aromatic heterocycles. The minimum Gasteiger partial charge on any atom is -0.387 e. The zero-order valence-electron chi connectivity index (χ0n) is 23.9. The second-order valence-corrected chi connectivity index (χ2v) is 10.3. The lowest BCUT2D eigenvalue weighted by molar-refractivity contribution is -0.104. The van der Waals surface area contributed by atoms with Crippen molar-refractivity contribution in [3.63, 3.8) is 0 Å². The van der Waals surface area contributed by atoms with Crippen molar-refractivity contribution < 1.29 is 9.59 Å². The average molecular weight is 517 g/mol. The van der Waals surface area contributed by atoms with Crippen LogP contribution in [0.1, 0.15) is 68.4 Å². The van der Waals surface area contributed by atoms with E-state index in [1.54, 1.807) is 0 Å². The summed E-state index contributed by atoms with van der Waals surface area (Å²) >= 11 is 0. The van der Waals surface area contributed by atoms with Gasteiger partial charge in [0.25, 0.3) is 0 Å². The molecule has 1 aliphatic rings. The van der Waals surface area contributed by atoms with Crippen molar-refractivity contribution in [1.29, 1.82) is 0 Å². The molecule has 1 heterocycles. The summed E-state index contributed by atoms with van der Waals surface area (Å²) in [6.07, 6.45) is 10.4. The van der Waals surface area contributed by atoms with Crippen molar-refractivity contribution in [2.45, 2.75) is 47.0 Å². The molecule has 0 fully saturated rings.